The van der Waals surface area contributed by atoms with Gasteiger partial charge in [-0.3, -0.25) is 0 Å². The van der Waals surface area contributed by atoms with Gasteiger partial charge < -0.3 is 9.73 Å². The van der Waals surface area contributed by atoms with Gasteiger partial charge in [0.2, 0.25) is 0 Å². The Morgan fingerprint density at radius 2 is 1.04 bits per heavy atom. The monoisotopic (exact) mass is 603 g/mol. The molecule has 0 amide bonds. The van der Waals surface area contributed by atoms with Crippen LogP contribution < -0.4 is 5.32 Å². The molecule has 222 valence electrons. The minimum atomic E-state index is -0.413. The maximum absolute atomic E-state index is 6.23. The number of hydrogen-bond acceptors (Lipinski definition) is 4. The van der Waals surface area contributed by atoms with E-state index in [1.54, 1.807) is 0 Å². The maximum Gasteiger partial charge on any atom is 0.169 e. The van der Waals surface area contributed by atoms with Crippen LogP contribution in [0.1, 0.15) is 22.9 Å². The Balaban J connectivity index is 1.11. The molecule has 0 saturated heterocycles. The number of rotatable bonds is 5. The molecule has 2 heterocycles. The molecule has 7 aromatic carbocycles. The van der Waals surface area contributed by atoms with Gasteiger partial charge in [-0.25, -0.2) is 9.98 Å². The van der Waals surface area contributed by atoms with Crippen molar-refractivity contribution in [3.8, 4) is 22.3 Å². The molecule has 0 aliphatic carbocycles. The maximum atomic E-state index is 6.23. The number of nitrogens with zero attached hydrogens (tertiary/aromatic N) is 2. The molecule has 9 rings (SSSR count). The number of aliphatic imine (C=N–C) groups is 2. The average Bonchev–Trinajstić information content (AvgIpc) is 3.54. The first-order valence-electron chi connectivity index (χ1n) is 15.9. The van der Waals surface area contributed by atoms with Crippen LogP contribution in [0.2, 0.25) is 0 Å². The zero-order chi connectivity index (χ0) is 31.2. The number of para-hydroxylation sites is 1. The zero-order valence-corrected chi connectivity index (χ0v) is 25.5. The van der Waals surface area contributed by atoms with Crippen LogP contribution in [0.5, 0.6) is 0 Å². The molecule has 1 atom stereocenters. The fourth-order valence-corrected chi connectivity index (χ4v) is 6.53. The lowest BCUT2D eigenvalue weighted by atomic mass is 9.99. The van der Waals surface area contributed by atoms with Gasteiger partial charge >= 0.3 is 0 Å². The van der Waals surface area contributed by atoms with Gasteiger partial charge in [-0.05, 0) is 56.8 Å². The standard InChI is InChI=1S/C43H29N3O/c1-2-9-28(10-3-1)30-17-19-31(20-18-30)32-21-24-33(25-22-32)41-44-42(35-26-23-29-11-4-5-12-34(29)27-35)46-43(45-41)37-14-8-16-39-40(37)36-13-6-7-15-38(36)47-39/h1-27,42H,(H,44,45,46). The van der Waals surface area contributed by atoms with Gasteiger partial charge in [-0.15, -0.1) is 0 Å². The highest BCUT2D eigenvalue weighted by Gasteiger charge is 2.23. The topological polar surface area (TPSA) is 49.9 Å². The average molecular weight is 604 g/mol. The third-order valence-corrected chi connectivity index (χ3v) is 8.95. The quantitative estimate of drug-likeness (QED) is 0.213. The van der Waals surface area contributed by atoms with Crippen molar-refractivity contribution in [2.45, 2.75) is 6.17 Å². The summed E-state index contributed by atoms with van der Waals surface area (Å²) >= 11 is 0. The Hall–Kier alpha value is -6.26. The molecule has 1 N–H and O–H groups in total. The second-order valence-electron chi connectivity index (χ2n) is 11.9. The summed E-state index contributed by atoms with van der Waals surface area (Å²) in [4.78, 5) is 10.4. The summed E-state index contributed by atoms with van der Waals surface area (Å²) in [6.07, 6.45) is -0.413. The second kappa shape index (κ2) is 11.3. The molecule has 4 heteroatoms. The molecule has 0 saturated carbocycles. The molecule has 1 unspecified atom stereocenters. The summed E-state index contributed by atoms with van der Waals surface area (Å²) < 4.78 is 6.23. The van der Waals surface area contributed by atoms with Crippen molar-refractivity contribution >= 4 is 44.4 Å². The highest BCUT2D eigenvalue weighted by molar-refractivity contribution is 6.23. The number of hydrogen-bond donors (Lipinski definition) is 1. The first-order valence-corrected chi connectivity index (χ1v) is 15.9. The van der Waals surface area contributed by atoms with Gasteiger partial charge in [-0.1, -0.05) is 146 Å². The van der Waals surface area contributed by atoms with Gasteiger partial charge in [0.1, 0.15) is 22.8 Å². The highest BCUT2D eigenvalue weighted by Crippen LogP contribution is 2.34. The largest absolute Gasteiger partial charge is 0.456 e. The number of furan rings is 1. The lowest BCUT2D eigenvalue weighted by molar-refractivity contribution is 0.669. The SMILES string of the molecule is c1ccc(-c2ccc(-c3ccc(C4=NC(c5ccc6ccccc6c5)N=C(c5cccc6oc7ccccc7c56)N4)cc3)cc2)cc1. The Morgan fingerprint density at radius 1 is 0.447 bits per heavy atom. The molecule has 47 heavy (non-hydrogen) atoms. The molecule has 1 aliphatic rings. The summed E-state index contributed by atoms with van der Waals surface area (Å²) in [5.41, 5.74) is 9.47. The predicted molar refractivity (Wildman–Crippen MR) is 194 cm³/mol. The van der Waals surface area contributed by atoms with Crippen molar-refractivity contribution in [1.82, 2.24) is 5.32 Å². The summed E-state index contributed by atoms with van der Waals surface area (Å²) in [6.45, 7) is 0. The fraction of sp³-hybridized carbons (Fsp3) is 0.0233. The Bertz CT molecular complexity index is 2470. The number of benzene rings is 7. The van der Waals surface area contributed by atoms with Crippen LogP contribution >= 0.6 is 0 Å². The van der Waals surface area contributed by atoms with Gasteiger partial charge in [0.15, 0.2) is 6.17 Å². The van der Waals surface area contributed by atoms with Crippen molar-refractivity contribution in [3.05, 3.63) is 180 Å². The highest BCUT2D eigenvalue weighted by atomic mass is 16.3. The molecule has 0 radical (unpaired) electrons. The van der Waals surface area contributed by atoms with Gasteiger partial charge in [0.25, 0.3) is 0 Å². The van der Waals surface area contributed by atoms with Gasteiger partial charge in [0, 0.05) is 21.9 Å². The van der Waals surface area contributed by atoms with E-state index in [-0.39, 0.29) is 0 Å². The van der Waals surface area contributed by atoms with Crippen molar-refractivity contribution in [3.63, 3.8) is 0 Å². The Morgan fingerprint density at radius 3 is 1.81 bits per heavy atom. The summed E-state index contributed by atoms with van der Waals surface area (Å²) in [5, 5.41) is 8.09. The molecule has 1 aromatic heterocycles. The summed E-state index contributed by atoms with van der Waals surface area (Å²) in [5.74, 6) is 1.55. The van der Waals surface area contributed by atoms with E-state index >= 15 is 0 Å². The molecule has 0 fully saturated rings. The van der Waals surface area contributed by atoms with E-state index in [1.807, 2.05) is 36.4 Å². The van der Waals surface area contributed by atoms with Crippen LogP contribution in [0, 0.1) is 0 Å². The zero-order valence-electron chi connectivity index (χ0n) is 25.5. The van der Waals surface area contributed by atoms with Crippen molar-refractivity contribution in [2.24, 2.45) is 9.98 Å². The fourth-order valence-electron chi connectivity index (χ4n) is 6.53. The molecular formula is C43H29N3O. The third-order valence-electron chi connectivity index (χ3n) is 8.95. The first-order chi connectivity index (χ1) is 23.3. The number of amidine groups is 2. The molecule has 8 aromatic rings. The van der Waals surface area contributed by atoms with Crippen molar-refractivity contribution in [2.75, 3.05) is 0 Å². The van der Waals surface area contributed by atoms with E-state index < -0.39 is 6.17 Å². The van der Waals surface area contributed by atoms with Crippen molar-refractivity contribution in [1.29, 1.82) is 0 Å². The Labute approximate surface area is 272 Å². The number of nitrogens with one attached hydrogen (secondary N) is 1. The van der Waals surface area contributed by atoms with Crippen molar-refractivity contribution < 1.29 is 4.42 Å². The molecule has 0 bridgehead atoms. The van der Waals surface area contributed by atoms with Crippen LogP contribution in [0.3, 0.4) is 0 Å². The number of fused-ring (bicyclic) bond motifs is 4. The van der Waals surface area contributed by atoms with Crippen LogP contribution in [-0.2, 0) is 0 Å². The lowest BCUT2D eigenvalue weighted by Crippen LogP contribution is -2.36. The smallest absolute Gasteiger partial charge is 0.169 e. The van der Waals surface area contributed by atoms with E-state index in [9.17, 15) is 0 Å². The minimum absolute atomic E-state index is 0.413. The predicted octanol–water partition coefficient (Wildman–Crippen LogP) is 10.6. The van der Waals surface area contributed by atoms with E-state index in [2.05, 4.69) is 133 Å². The van der Waals surface area contributed by atoms with Crippen LogP contribution in [-0.4, -0.2) is 11.7 Å². The van der Waals surface area contributed by atoms with E-state index in [0.717, 1.165) is 55.9 Å². The molecule has 1 aliphatic heterocycles. The second-order valence-corrected chi connectivity index (χ2v) is 11.9. The molecular weight excluding hydrogens is 574 g/mol. The van der Waals surface area contributed by atoms with Gasteiger partial charge in [0.05, 0.1) is 0 Å². The first kappa shape index (κ1) is 27.1. The molecule has 0 spiro atoms. The molecule has 4 nitrogen and oxygen atoms in total. The van der Waals surface area contributed by atoms with Crippen LogP contribution in [0.15, 0.2) is 178 Å². The van der Waals surface area contributed by atoms with Gasteiger partial charge in [-0.2, -0.15) is 0 Å². The Kier molecular flexibility index (Phi) is 6.50. The van der Waals surface area contributed by atoms with E-state index in [1.165, 1.54) is 27.5 Å². The third kappa shape index (κ3) is 4.97. The normalized spacial score (nSPS) is 14.6. The summed E-state index contributed by atoms with van der Waals surface area (Å²) in [7, 11) is 0. The minimum Gasteiger partial charge on any atom is -0.456 e. The van der Waals surface area contributed by atoms with E-state index in [4.69, 9.17) is 14.4 Å². The van der Waals surface area contributed by atoms with Crippen LogP contribution in [0.25, 0.3) is 55.0 Å². The lowest BCUT2D eigenvalue weighted by Gasteiger charge is -2.23. The van der Waals surface area contributed by atoms with Crippen LogP contribution in [0.4, 0.5) is 0 Å². The summed E-state index contributed by atoms with van der Waals surface area (Å²) in [6, 6.07) is 57.0. The van der Waals surface area contributed by atoms with E-state index in [0.29, 0.717) is 0 Å².